The Morgan fingerprint density at radius 1 is 1.03 bits per heavy atom. The molecule has 0 aliphatic carbocycles. The predicted molar refractivity (Wildman–Crippen MR) is 126 cm³/mol. The molecule has 180 valence electrons. The number of ether oxygens (including phenoxy) is 1. The number of rotatable bonds is 6. The van der Waals surface area contributed by atoms with Crippen LogP contribution in [0.3, 0.4) is 0 Å². The normalized spacial score (nSPS) is 19.1. The molecule has 11 heteroatoms. The average Bonchev–Trinajstić information content (AvgIpc) is 3.16. The predicted octanol–water partition coefficient (Wildman–Crippen LogP) is 2.32. The highest BCUT2D eigenvalue weighted by Gasteiger charge is 2.31. The average molecular weight is 487 g/mol. The van der Waals surface area contributed by atoms with Crippen LogP contribution in [0.15, 0.2) is 52.2 Å². The monoisotopic (exact) mass is 486 g/mol. The van der Waals surface area contributed by atoms with Gasteiger partial charge in [-0.1, -0.05) is 13.8 Å². The summed E-state index contributed by atoms with van der Waals surface area (Å²) in [6.07, 6.45) is 0.991. The molecule has 3 N–H and O–H groups in total. The van der Waals surface area contributed by atoms with Crippen molar-refractivity contribution in [2.45, 2.75) is 25.2 Å². The number of carbonyl (C=O) groups excluding carboxylic acids is 2. The van der Waals surface area contributed by atoms with Gasteiger partial charge >= 0.3 is 11.7 Å². The number of anilines is 1. The Hall–Kier alpha value is -3.44. The van der Waals surface area contributed by atoms with Crippen LogP contribution in [-0.4, -0.2) is 54.3 Å². The van der Waals surface area contributed by atoms with Gasteiger partial charge in [-0.25, -0.2) is 18.0 Å². The standard InChI is InChI=1S/C23H26N4O6S/c1-14-9-15(2)12-27(11-14)34(31,32)18-6-3-16(4-7-18)22(29)33-13-21(28)24-17-5-8-19-20(10-17)26-23(30)25-19/h3-8,10,14-15H,9,11-13H2,1-2H3,(H,24,28)(H2,25,26,30). The van der Waals surface area contributed by atoms with Gasteiger partial charge in [-0.2, -0.15) is 4.31 Å². The van der Waals surface area contributed by atoms with Gasteiger partial charge in [-0.3, -0.25) is 4.79 Å². The molecular weight excluding hydrogens is 460 g/mol. The highest BCUT2D eigenvalue weighted by Crippen LogP contribution is 2.26. The highest BCUT2D eigenvalue weighted by molar-refractivity contribution is 7.89. The number of amides is 1. The number of sulfonamides is 1. The Kier molecular flexibility index (Phi) is 6.58. The van der Waals surface area contributed by atoms with E-state index in [1.54, 1.807) is 18.2 Å². The summed E-state index contributed by atoms with van der Waals surface area (Å²) in [5.74, 6) is -0.736. The quantitative estimate of drug-likeness (QED) is 0.457. The van der Waals surface area contributed by atoms with Crippen molar-refractivity contribution in [3.63, 3.8) is 0 Å². The summed E-state index contributed by atoms with van der Waals surface area (Å²) >= 11 is 0. The molecule has 1 aliphatic rings. The molecule has 34 heavy (non-hydrogen) atoms. The third-order valence-electron chi connectivity index (χ3n) is 5.70. The van der Waals surface area contributed by atoms with E-state index in [1.165, 1.54) is 28.6 Å². The number of fused-ring (bicyclic) bond motifs is 1. The molecule has 2 heterocycles. The fraction of sp³-hybridized carbons (Fsp3) is 0.348. The van der Waals surface area contributed by atoms with Crippen LogP contribution >= 0.6 is 0 Å². The number of benzene rings is 2. The fourth-order valence-electron chi connectivity index (χ4n) is 4.24. The Balaban J connectivity index is 1.35. The molecule has 4 rings (SSSR count). The number of aromatic nitrogens is 2. The van der Waals surface area contributed by atoms with E-state index in [2.05, 4.69) is 15.3 Å². The molecule has 1 saturated heterocycles. The van der Waals surface area contributed by atoms with Gasteiger partial charge in [-0.15, -0.1) is 0 Å². The first kappa shape index (κ1) is 23.7. The third kappa shape index (κ3) is 5.20. The lowest BCUT2D eigenvalue weighted by atomic mass is 9.94. The van der Waals surface area contributed by atoms with Crippen molar-refractivity contribution >= 4 is 38.6 Å². The van der Waals surface area contributed by atoms with Crippen molar-refractivity contribution in [1.29, 1.82) is 0 Å². The Labute approximate surface area is 196 Å². The molecule has 0 spiro atoms. The van der Waals surface area contributed by atoms with Gasteiger partial charge < -0.3 is 20.0 Å². The smallest absolute Gasteiger partial charge is 0.338 e. The maximum absolute atomic E-state index is 13.0. The molecule has 1 fully saturated rings. The molecule has 2 unspecified atom stereocenters. The maximum atomic E-state index is 13.0. The zero-order valence-corrected chi connectivity index (χ0v) is 19.6. The maximum Gasteiger partial charge on any atom is 0.338 e. The first-order chi connectivity index (χ1) is 16.1. The van der Waals surface area contributed by atoms with Crippen LogP contribution in [0, 0.1) is 11.8 Å². The van der Waals surface area contributed by atoms with E-state index in [-0.39, 0.29) is 28.0 Å². The zero-order valence-electron chi connectivity index (χ0n) is 18.8. The van der Waals surface area contributed by atoms with Gasteiger partial charge in [-0.05, 0) is 60.7 Å². The Bertz CT molecular complexity index is 1370. The number of imidazole rings is 1. The lowest BCUT2D eigenvalue weighted by molar-refractivity contribution is -0.119. The molecule has 2 aromatic carbocycles. The lowest BCUT2D eigenvalue weighted by Crippen LogP contribution is -2.42. The van der Waals surface area contributed by atoms with Crippen LogP contribution in [0.4, 0.5) is 5.69 Å². The number of aromatic amines is 2. The molecule has 3 aromatic rings. The van der Waals surface area contributed by atoms with Crippen LogP contribution in [0.2, 0.25) is 0 Å². The number of hydrogen-bond acceptors (Lipinski definition) is 6. The number of carbonyl (C=O) groups is 2. The van der Waals surface area contributed by atoms with Crippen molar-refractivity contribution in [2.75, 3.05) is 25.0 Å². The topological polar surface area (TPSA) is 141 Å². The molecule has 0 saturated carbocycles. The fourth-order valence-corrected chi connectivity index (χ4v) is 5.92. The minimum atomic E-state index is -3.65. The minimum absolute atomic E-state index is 0.112. The van der Waals surface area contributed by atoms with E-state index in [4.69, 9.17) is 4.74 Å². The second kappa shape index (κ2) is 9.43. The summed E-state index contributed by atoms with van der Waals surface area (Å²) in [4.78, 5) is 41.1. The van der Waals surface area contributed by atoms with E-state index in [0.29, 0.717) is 29.8 Å². The summed E-state index contributed by atoms with van der Waals surface area (Å²) in [6.45, 7) is 4.49. The van der Waals surface area contributed by atoms with Crippen LogP contribution in [0.5, 0.6) is 0 Å². The first-order valence-corrected chi connectivity index (χ1v) is 12.3. The number of hydrogen-bond donors (Lipinski definition) is 3. The van der Waals surface area contributed by atoms with Crippen molar-refractivity contribution < 1.29 is 22.7 Å². The van der Waals surface area contributed by atoms with Crippen LogP contribution in [0.1, 0.15) is 30.6 Å². The van der Waals surface area contributed by atoms with Crippen molar-refractivity contribution in [2.24, 2.45) is 11.8 Å². The molecule has 2 atom stereocenters. The second-order valence-electron chi connectivity index (χ2n) is 8.76. The molecular formula is C23H26N4O6S. The third-order valence-corrected chi connectivity index (χ3v) is 7.54. The summed E-state index contributed by atoms with van der Waals surface area (Å²) in [7, 11) is -3.65. The van der Waals surface area contributed by atoms with E-state index >= 15 is 0 Å². The molecule has 1 aromatic heterocycles. The summed E-state index contributed by atoms with van der Waals surface area (Å²) in [5.41, 5.74) is 1.34. The molecule has 10 nitrogen and oxygen atoms in total. The van der Waals surface area contributed by atoms with Gasteiger partial charge in [0.25, 0.3) is 5.91 Å². The first-order valence-electron chi connectivity index (χ1n) is 10.9. The minimum Gasteiger partial charge on any atom is -0.452 e. The second-order valence-corrected chi connectivity index (χ2v) is 10.7. The number of H-pyrrole nitrogens is 2. The lowest BCUT2D eigenvalue weighted by Gasteiger charge is -2.34. The van der Waals surface area contributed by atoms with Gasteiger partial charge in [0, 0.05) is 18.8 Å². The van der Waals surface area contributed by atoms with Crippen molar-refractivity contribution in [3.8, 4) is 0 Å². The summed E-state index contributed by atoms with van der Waals surface area (Å²) in [6, 6.07) is 10.3. The molecule has 0 bridgehead atoms. The number of nitrogens with zero attached hydrogens (tertiary/aromatic N) is 1. The highest BCUT2D eigenvalue weighted by atomic mass is 32.2. The van der Waals surface area contributed by atoms with Crippen molar-refractivity contribution in [3.05, 3.63) is 58.5 Å². The van der Waals surface area contributed by atoms with E-state index in [1.807, 2.05) is 13.8 Å². The molecule has 1 amide bonds. The van der Waals surface area contributed by atoms with E-state index in [9.17, 15) is 22.8 Å². The van der Waals surface area contributed by atoms with Crippen LogP contribution in [-0.2, 0) is 19.6 Å². The van der Waals surface area contributed by atoms with Gasteiger partial charge in [0.2, 0.25) is 10.0 Å². The number of esters is 1. The van der Waals surface area contributed by atoms with Crippen molar-refractivity contribution in [1.82, 2.24) is 14.3 Å². The molecule has 0 radical (unpaired) electrons. The summed E-state index contributed by atoms with van der Waals surface area (Å²) in [5, 5.41) is 2.59. The number of piperidine rings is 1. The van der Waals surface area contributed by atoms with Crippen LogP contribution in [0.25, 0.3) is 11.0 Å². The van der Waals surface area contributed by atoms with E-state index < -0.39 is 28.5 Å². The largest absolute Gasteiger partial charge is 0.452 e. The van der Waals surface area contributed by atoms with Gasteiger partial charge in [0.05, 0.1) is 21.5 Å². The number of nitrogens with one attached hydrogen (secondary N) is 3. The SMILES string of the molecule is CC1CC(C)CN(S(=O)(=O)c2ccc(C(=O)OCC(=O)Nc3ccc4[nH]c(=O)[nH]c4c3)cc2)C1. The molecule has 1 aliphatic heterocycles. The zero-order chi connectivity index (χ0) is 24.5. The Morgan fingerprint density at radius 3 is 2.35 bits per heavy atom. The van der Waals surface area contributed by atoms with Gasteiger partial charge in [0.1, 0.15) is 0 Å². The van der Waals surface area contributed by atoms with E-state index in [0.717, 1.165) is 6.42 Å². The van der Waals surface area contributed by atoms with Gasteiger partial charge in [0.15, 0.2) is 6.61 Å². The van der Waals surface area contributed by atoms with Crippen LogP contribution < -0.4 is 11.0 Å². The Morgan fingerprint density at radius 2 is 1.68 bits per heavy atom. The summed E-state index contributed by atoms with van der Waals surface area (Å²) < 4.78 is 32.5.